The third-order valence-corrected chi connectivity index (χ3v) is 3.39. The number of carbonyl (C=O) groups is 3. The van der Waals surface area contributed by atoms with Crippen molar-refractivity contribution in [2.24, 2.45) is 0 Å². The highest BCUT2D eigenvalue weighted by atomic mass is 16.7. The Kier molecular flexibility index (Phi) is 6.31. The van der Waals surface area contributed by atoms with Crippen LogP contribution in [0.15, 0.2) is 36.1 Å². The van der Waals surface area contributed by atoms with E-state index in [-0.39, 0.29) is 30.2 Å². The van der Waals surface area contributed by atoms with E-state index in [1.165, 1.54) is 24.3 Å². The summed E-state index contributed by atoms with van der Waals surface area (Å²) in [6.07, 6.45) is 0.803. The highest BCUT2D eigenvalue weighted by Crippen LogP contribution is 2.30. The van der Waals surface area contributed by atoms with Crippen molar-refractivity contribution in [2.75, 3.05) is 13.2 Å². The molecule has 0 radical (unpaired) electrons. The molecule has 0 aliphatic carbocycles. The summed E-state index contributed by atoms with van der Waals surface area (Å²) in [5.74, 6) is -0.0824. The Bertz CT molecular complexity index is 769. The van der Waals surface area contributed by atoms with Gasteiger partial charge in [0.2, 0.25) is 5.91 Å². The number of β-lactam (4-membered cyclic amide) rings is 1. The first kappa shape index (κ1) is 19.7. The van der Waals surface area contributed by atoms with Crippen LogP contribution in [-0.2, 0) is 19.1 Å². The average molecular weight is 380 g/mol. The number of carbonyl (C=O) groups excluding carboxylic acids is 2. The Hall–Kier alpha value is -3.63. The number of hydrogen-bond donors (Lipinski definition) is 1. The molecule has 144 valence electrons. The summed E-state index contributed by atoms with van der Waals surface area (Å²) < 4.78 is 15.2. The van der Waals surface area contributed by atoms with Crippen molar-refractivity contribution < 1.29 is 38.6 Å². The van der Waals surface area contributed by atoms with Gasteiger partial charge >= 0.3 is 6.16 Å². The zero-order valence-electron chi connectivity index (χ0n) is 14.2. The molecule has 1 unspecified atom stereocenters. The molecule has 27 heavy (non-hydrogen) atoms. The maximum atomic E-state index is 11.5. The first-order valence-corrected chi connectivity index (χ1v) is 7.70. The second-order valence-corrected chi connectivity index (χ2v) is 5.40. The predicted molar refractivity (Wildman–Crippen MR) is 87.7 cm³/mol. The molecule has 2 aliphatic rings. The van der Waals surface area contributed by atoms with Crippen LogP contribution in [0.5, 0.6) is 5.75 Å². The smallest absolute Gasteiger partial charge is 0.481 e. The van der Waals surface area contributed by atoms with Crippen LogP contribution in [0, 0.1) is 10.1 Å². The van der Waals surface area contributed by atoms with Crippen molar-refractivity contribution in [1.29, 1.82) is 0 Å². The Morgan fingerprint density at radius 3 is 2.56 bits per heavy atom. The summed E-state index contributed by atoms with van der Waals surface area (Å²) in [5, 5.41) is 17.9. The van der Waals surface area contributed by atoms with Gasteiger partial charge in [-0.25, -0.2) is 4.79 Å². The van der Waals surface area contributed by atoms with E-state index in [4.69, 9.17) is 24.1 Å². The normalized spacial score (nSPS) is 18.4. The summed E-state index contributed by atoms with van der Waals surface area (Å²) in [5.41, 5.74) is -0.104. The second-order valence-electron chi connectivity index (χ2n) is 5.40. The molecule has 1 atom stereocenters. The number of nitro benzene ring substituents is 1. The maximum Gasteiger partial charge on any atom is 0.514 e. The van der Waals surface area contributed by atoms with Gasteiger partial charge in [0, 0.05) is 19.1 Å². The maximum absolute atomic E-state index is 11.5. The highest BCUT2D eigenvalue weighted by molar-refractivity contribution is 5.83. The standard InChI is InChI=1S/C14H12N2O7.C2H4O2/c17-12-7-13-15(12)8-11(22-13)5-6-21-14(18)23-10-3-1-9(2-4-10)16(19)20;1-2(3)4/h1-5,13H,6-8H2;1H3,(H,3,4)/b11-5-;. The van der Waals surface area contributed by atoms with Crippen molar-refractivity contribution >= 4 is 23.7 Å². The number of fused-ring (bicyclic) bond motifs is 1. The molecule has 2 saturated heterocycles. The molecule has 11 nitrogen and oxygen atoms in total. The van der Waals surface area contributed by atoms with Gasteiger partial charge < -0.3 is 19.3 Å². The Morgan fingerprint density at radius 1 is 1.41 bits per heavy atom. The zero-order valence-corrected chi connectivity index (χ0v) is 14.2. The summed E-state index contributed by atoms with van der Waals surface area (Å²) in [6, 6.07) is 5.04. The molecular formula is C16H16N2O9. The summed E-state index contributed by atoms with van der Waals surface area (Å²) >= 11 is 0. The van der Waals surface area contributed by atoms with E-state index in [9.17, 15) is 19.7 Å². The molecule has 2 aliphatic heterocycles. The minimum absolute atomic E-state index is 0.0388. The largest absolute Gasteiger partial charge is 0.514 e. The predicted octanol–water partition coefficient (Wildman–Crippen LogP) is 1.67. The molecule has 3 rings (SSSR count). The number of hydrogen-bond acceptors (Lipinski definition) is 8. The van der Waals surface area contributed by atoms with Crippen molar-refractivity contribution in [2.45, 2.75) is 19.6 Å². The molecule has 1 aromatic rings. The van der Waals surface area contributed by atoms with Gasteiger partial charge in [-0.15, -0.1) is 0 Å². The Morgan fingerprint density at radius 2 is 2.04 bits per heavy atom. The molecule has 0 aromatic heterocycles. The van der Waals surface area contributed by atoms with Crippen LogP contribution in [0.3, 0.4) is 0 Å². The van der Waals surface area contributed by atoms with E-state index in [0.29, 0.717) is 18.7 Å². The zero-order chi connectivity index (χ0) is 20.0. The number of carboxylic acids is 1. The summed E-state index contributed by atoms with van der Waals surface area (Å²) in [6.45, 7) is 1.40. The number of rotatable bonds is 4. The lowest BCUT2D eigenvalue weighted by Gasteiger charge is -2.30. The minimum Gasteiger partial charge on any atom is -0.481 e. The monoisotopic (exact) mass is 380 g/mol. The fourth-order valence-electron chi connectivity index (χ4n) is 2.18. The fourth-order valence-corrected chi connectivity index (χ4v) is 2.18. The third-order valence-electron chi connectivity index (χ3n) is 3.39. The van der Waals surface area contributed by atoms with E-state index in [1.54, 1.807) is 11.0 Å². The van der Waals surface area contributed by atoms with Crippen LogP contribution in [0.4, 0.5) is 10.5 Å². The number of non-ortho nitro benzene ring substituents is 1. The molecule has 0 spiro atoms. The average Bonchev–Trinajstić information content (AvgIpc) is 2.91. The molecule has 1 amide bonds. The van der Waals surface area contributed by atoms with Gasteiger partial charge in [-0.2, -0.15) is 0 Å². The van der Waals surface area contributed by atoms with Crippen molar-refractivity contribution in [3.8, 4) is 5.75 Å². The number of nitro groups is 1. The number of carboxylic acid groups (broad SMARTS) is 1. The van der Waals surface area contributed by atoms with Crippen LogP contribution in [0.1, 0.15) is 13.3 Å². The van der Waals surface area contributed by atoms with Gasteiger partial charge in [0.05, 0.1) is 17.9 Å². The SMILES string of the molecule is CC(=O)O.O=C(OC/C=C1/CN2C(=O)CC2O1)Oc1ccc([N+](=O)[O-])cc1. The Balaban J connectivity index is 0.000000596. The highest BCUT2D eigenvalue weighted by Gasteiger charge is 2.43. The van der Waals surface area contributed by atoms with Crippen LogP contribution in [-0.4, -0.2) is 52.3 Å². The number of benzene rings is 1. The van der Waals surface area contributed by atoms with Crippen LogP contribution < -0.4 is 4.74 Å². The van der Waals surface area contributed by atoms with E-state index >= 15 is 0 Å². The van der Waals surface area contributed by atoms with Gasteiger partial charge in [0.15, 0.2) is 6.23 Å². The molecule has 0 bridgehead atoms. The first-order chi connectivity index (χ1) is 12.8. The van der Waals surface area contributed by atoms with Crippen molar-refractivity contribution in [3.05, 3.63) is 46.2 Å². The van der Waals surface area contributed by atoms with Crippen LogP contribution in [0.25, 0.3) is 0 Å². The van der Waals surface area contributed by atoms with Crippen molar-refractivity contribution in [1.82, 2.24) is 4.90 Å². The minimum atomic E-state index is -0.937. The summed E-state index contributed by atoms with van der Waals surface area (Å²) in [7, 11) is 0. The van der Waals surface area contributed by atoms with Gasteiger partial charge in [-0.3, -0.25) is 24.6 Å². The van der Waals surface area contributed by atoms with E-state index in [0.717, 1.165) is 6.92 Å². The van der Waals surface area contributed by atoms with Gasteiger partial charge in [-0.05, 0) is 18.2 Å². The van der Waals surface area contributed by atoms with Crippen LogP contribution in [0.2, 0.25) is 0 Å². The lowest BCUT2D eigenvalue weighted by molar-refractivity contribution is -0.384. The molecule has 1 N–H and O–H groups in total. The van der Waals surface area contributed by atoms with E-state index in [2.05, 4.69) is 0 Å². The quantitative estimate of drug-likeness (QED) is 0.271. The molecule has 0 saturated carbocycles. The summed E-state index contributed by atoms with van der Waals surface area (Å²) in [4.78, 5) is 43.2. The lowest BCUT2D eigenvalue weighted by Crippen LogP contribution is -2.48. The topological polar surface area (TPSA) is 146 Å². The molecule has 11 heteroatoms. The Labute approximate surface area is 152 Å². The molecule has 2 heterocycles. The number of nitrogens with zero attached hydrogens (tertiary/aromatic N) is 2. The second kappa shape index (κ2) is 8.65. The third kappa shape index (κ3) is 5.70. The van der Waals surface area contributed by atoms with Crippen LogP contribution >= 0.6 is 0 Å². The fraction of sp³-hybridized carbons (Fsp3) is 0.312. The van der Waals surface area contributed by atoms with Gasteiger partial charge in [-0.1, -0.05) is 0 Å². The van der Waals surface area contributed by atoms with E-state index < -0.39 is 17.0 Å². The molecular weight excluding hydrogens is 364 g/mol. The number of amides is 1. The van der Waals surface area contributed by atoms with Gasteiger partial charge in [0.1, 0.15) is 18.1 Å². The number of aliphatic carboxylic acids is 1. The lowest BCUT2D eigenvalue weighted by atomic mass is 10.2. The first-order valence-electron chi connectivity index (χ1n) is 7.70. The van der Waals surface area contributed by atoms with Crippen molar-refractivity contribution in [3.63, 3.8) is 0 Å². The number of ether oxygens (including phenoxy) is 3. The van der Waals surface area contributed by atoms with Gasteiger partial charge in [0.25, 0.3) is 11.7 Å². The van der Waals surface area contributed by atoms with E-state index in [1.807, 2.05) is 0 Å². The molecule has 2 fully saturated rings. The molecule has 1 aromatic carbocycles.